The number of ether oxygens (including phenoxy) is 2. The lowest BCUT2D eigenvalue weighted by molar-refractivity contribution is -0.116. The first-order valence-corrected chi connectivity index (χ1v) is 8.89. The van der Waals surface area contributed by atoms with Crippen LogP contribution in [-0.2, 0) is 11.2 Å². The SMILES string of the molecule is C=CC1=C(Cc2ccc(C(C)C)c(OC)c2OC)C(=O)CCC1(C)C. The monoisotopic (exact) mass is 342 g/mol. The highest BCUT2D eigenvalue weighted by atomic mass is 16.5. The first kappa shape index (κ1) is 19.3. The van der Waals surface area contributed by atoms with Crippen molar-refractivity contribution in [1.29, 1.82) is 0 Å². The van der Waals surface area contributed by atoms with E-state index in [1.54, 1.807) is 14.2 Å². The van der Waals surface area contributed by atoms with Crippen molar-refractivity contribution in [2.45, 2.75) is 52.9 Å². The van der Waals surface area contributed by atoms with Gasteiger partial charge >= 0.3 is 0 Å². The molecule has 25 heavy (non-hydrogen) atoms. The molecule has 136 valence electrons. The summed E-state index contributed by atoms with van der Waals surface area (Å²) in [5, 5.41) is 0. The number of carbonyl (C=O) groups is 1. The second-order valence-electron chi connectivity index (χ2n) is 7.62. The fourth-order valence-electron chi connectivity index (χ4n) is 3.70. The zero-order valence-corrected chi connectivity index (χ0v) is 16.4. The predicted molar refractivity (Wildman–Crippen MR) is 103 cm³/mol. The first-order valence-electron chi connectivity index (χ1n) is 8.89. The largest absolute Gasteiger partial charge is 0.493 e. The molecule has 1 aromatic carbocycles. The molecule has 0 atom stereocenters. The molecule has 3 nitrogen and oxygen atoms in total. The Bertz CT molecular complexity index is 708. The van der Waals surface area contributed by atoms with E-state index in [0.29, 0.717) is 18.8 Å². The zero-order chi connectivity index (χ0) is 18.8. The van der Waals surface area contributed by atoms with E-state index in [2.05, 4.69) is 46.4 Å². The molecular formula is C22H30O3. The maximum Gasteiger partial charge on any atom is 0.164 e. The maximum atomic E-state index is 12.6. The van der Waals surface area contributed by atoms with Gasteiger partial charge in [0.05, 0.1) is 14.2 Å². The summed E-state index contributed by atoms with van der Waals surface area (Å²) in [5.74, 6) is 2.03. The minimum Gasteiger partial charge on any atom is -0.493 e. The molecule has 2 rings (SSSR count). The average molecular weight is 342 g/mol. The fourth-order valence-corrected chi connectivity index (χ4v) is 3.70. The molecule has 0 fully saturated rings. The highest BCUT2D eigenvalue weighted by Crippen LogP contribution is 2.43. The minimum absolute atomic E-state index is 0.0276. The van der Waals surface area contributed by atoms with E-state index in [1.165, 1.54) is 0 Å². The molecule has 0 N–H and O–H groups in total. The molecule has 0 heterocycles. The first-order chi connectivity index (χ1) is 11.8. The number of methoxy groups -OCH3 is 2. The lowest BCUT2D eigenvalue weighted by Crippen LogP contribution is -2.26. The number of rotatable bonds is 6. The van der Waals surface area contributed by atoms with Gasteiger partial charge in [-0.3, -0.25) is 4.79 Å². The van der Waals surface area contributed by atoms with Crippen LogP contribution in [0, 0.1) is 5.41 Å². The summed E-state index contributed by atoms with van der Waals surface area (Å²) < 4.78 is 11.3. The van der Waals surface area contributed by atoms with Crippen LogP contribution in [0.3, 0.4) is 0 Å². The van der Waals surface area contributed by atoms with Gasteiger partial charge in [0.25, 0.3) is 0 Å². The molecule has 0 radical (unpaired) electrons. The Kier molecular flexibility index (Phi) is 5.76. The van der Waals surface area contributed by atoms with Crippen molar-refractivity contribution >= 4 is 5.78 Å². The van der Waals surface area contributed by atoms with E-state index in [-0.39, 0.29) is 11.2 Å². The molecule has 0 amide bonds. The second kappa shape index (κ2) is 7.47. The van der Waals surface area contributed by atoms with E-state index in [1.807, 2.05) is 6.08 Å². The van der Waals surface area contributed by atoms with E-state index in [9.17, 15) is 4.79 Å². The molecule has 0 saturated carbocycles. The summed E-state index contributed by atoms with van der Waals surface area (Å²) in [4.78, 5) is 12.6. The van der Waals surface area contributed by atoms with Crippen LogP contribution in [0.5, 0.6) is 11.5 Å². The Balaban J connectivity index is 2.57. The molecular weight excluding hydrogens is 312 g/mol. The van der Waals surface area contributed by atoms with Gasteiger partial charge in [-0.05, 0) is 23.3 Å². The number of Topliss-reactive ketones (excluding diaryl/α,β-unsaturated/α-hetero) is 1. The lowest BCUT2D eigenvalue weighted by atomic mass is 9.71. The van der Waals surface area contributed by atoms with Crippen LogP contribution < -0.4 is 9.47 Å². The quantitative estimate of drug-likeness (QED) is 0.709. The van der Waals surface area contributed by atoms with Gasteiger partial charge in [-0.1, -0.05) is 52.5 Å². The lowest BCUT2D eigenvalue weighted by Gasteiger charge is -2.33. The van der Waals surface area contributed by atoms with Crippen molar-refractivity contribution in [3.05, 3.63) is 47.1 Å². The molecule has 0 saturated heterocycles. The van der Waals surface area contributed by atoms with Crippen LogP contribution in [0.25, 0.3) is 0 Å². The van der Waals surface area contributed by atoms with Crippen LogP contribution in [0.2, 0.25) is 0 Å². The second-order valence-corrected chi connectivity index (χ2v) is 7.62. The van der Waals surface area contributed by atoms with Gasteiger partial charge in [-0.15, -0.1) is 0 Å². The van der Waals surface area contributed by atoms with Gasteiger partial charge < -0.3 is 9.47 Å². The standard InChI is InChI=1S/C22H30O3/c1-8-18-17(19(23)11-12-22(18,4)5)13-15-9-10-16(14(2)3)21(25-7)20(15)24-6/h8-10,14H,1,11-13H2,2-7H3. The van der Waals surface area contributed by atoms with Crippen LogP contribution in [0.1, 0.15) is 57.6 Å². The summed E-state index contributed by atoms with van der Waals surface area (Å²) in [6, 6.07) is 4.13. The number of allylic oxidation sites excluding steroid dienone is 3. The minimum atomic E-state index is -0.0276. The third kappa shape index (κ3) is 3.65. The van der Waals surface area contributed by atoms with Crippen molar-refractivity contribution in [2.24, 2.45) is 5.41 Å². The van der Waals surface area contributed by atoms with E-state index < -0.39 is 0 Å². The molecule has 1 aromatic rings. The van der Waals surface area contributed by atoms with Crippen molar-refractivity contribution in [3.8, 4) is 11.5 Å². The van der Waals surface area contributed by atoms with Gasteiger partial charge in [0, 0.05) is 29.5 Å². The molecule has 0 bridgehead atoms. The third-order valence-electron chi connectivity index (χ3n) is 5.19. The maximum absolute atomic E-state index is 12.6. The normalized spacial score (nSPS) is 17.0. The Labute approximate surface area is 151 Å². The zero-order valence-electron chi connectivity index (χ0n) is 16.4. The number of hydrogen-bond donors (Lipinski definition) is 0. The summed E-state index contributed by atoms with van der Waals surface area (Å²) in [7, 11) is 3.32. The average Bonchev–Trinajstić information content (AvgIpc) is 2.57. The van der Waals surface area contributed by atoms with Crippen LogP contribution >= 0.6 is 0 Å². The van der Waals surface area contributed by atoms with E-state index >= 15 is 0 Å². The summed E-state index contributed by atoms with van der Waals surface area (Å²) >= 11 is 0. The number of ketones is 1. The van der Waals surface area contributed by atoms with Crippen LogP contribution in [0.15, 0.2) is 35.9 Å². The molecule has 3 heteroatoms. The third-order valence-corrected chi connectivity index (χ3v) is 5.19. The molecule has 0 aliphatic heterocycles. The molecule has 0 spiro atoms. The summed E-state index contributed by atoms with van der Waals surface area (Å²) in [6.45, 7) is 12.6. The fraction of sp³-hybridized carbons (Fsp3) is 0.500. The number of hydrogen-bond acceptors (Lipinski definition) is 3. The smallest absolute Gasteiger partial charge is 0.164 e. The summed E-state index contributed by atoms with van der Waals surface area (Å²) in [6.07, 6.45) is 3.84. The van der Waals surface area contributed by atoms with Gasteiger partial charge in [0.2, 0.25) is 0 Å². The van der Waals surface area contributed by atoms with Gasteiger partial charge in [-0.25, -0.2) is 0 Å². The molecule has 1 aliphatic rings. The van der Waals surface area contributed by atoms with Gasteiger partial charge in [0.1, 0.15) is 0 Å². The van der Waals surface area contributed by atoms with Crippen molar-refractivity contribution in [1.82, 2.24) is 0 Å². The van der Waals surface area contributed by atoms with Crippen molar-refractivity contribution in [3.63, 3.8) is 0 Å². The predicted octanol–water partition coefficient (Wildman–Crippen LogP) is 5.24. The Morgan fingerprint density at radius 2 is 1.84 bits per heavy atom. The Morgan fingerprint density at radius 1 is 1.20 bits per heavy atom. The highest BCUT2D eigenvalue weighted by molar-refractivity contribution is 5.98. The number of carbonyl (C=O) groups excluding carboxylic acids is 1. The molecule has 0 aromatic heterocycles. The molecule has 1 aliphatic carbocycles. The van der Waals surface area contributed by atoms with Gasteiger partial charge in [0.15, 0.2) is 17.3 Å². The number of benzene rings is 1. The topological polar surface area (TPSA) is 35.5 Å². The van der Waals surface area contributed by atoms with Crippen molar-refractivity contribution in [2.75, 3.05) is 14.2 Å². The molecule has 0 unspecified atom stereocenters. The highest BCUT2D eigenvalue weighted by Gasteiger charge is 2.33. The van der Waals surface area contributed by atoms with Crippen molar-refractivity contribution < 1.29 is 14.3 Å². The Morgan fingerprint density at radius 3 is 2.36 bits per heavy atom. The van der Waals surface area contributed by atoms with Crippen LogP contribution in [0.4, 0.5) is 0 Å². The van der Waals surface area contributed by atoms with Crippen LogP contribution in [-0.4, -0.2) is 20.0 Å². The summed E-state index contributed by atoms with van der Waals surface area (Å²) in [5.41, 5.74) is 3.96. The Hall–Kier alpha value is -2.03. The van der Waals surface area contributed by atoms with Gasteiger partial charge in [-0.2, -0.15) is 0 Å². The van der Waals surface area contributed by atoms with E-state index in [0.717, 1.165) is 40.2 Å². The van der Waals surface area contributed by atoms with E-state index in [4.69, 9.17) is 9.47 Å².